The molecule has 0 N–H and O–H groups in total. The van der Waals surface area contributed by atoms with Gasteiger partial charge in [-0.1, -0.05) is 35.9 Å². The van der Waals surface area contributed by atoms with Crippen LogP contribution in [-0.2, 0) is 6.54 Å². The number of methoxy groups -OCH3 is 1. The first kappa shape index (κ1) is 16.2. The molecule has 0 saturated carbocycles. The van der Waals surface area contributed by atoms with Crippen molar-refractivity contribution in [2.24, 2.45) is 4.99 Å². The summed E-state index contributed by atoms with van der Waals surface area (Å²) in [6.45, 7) is 2.87. The first-order valence-electron chi connectivity index (χ1n) is 7.14. The van der Waals surface area contributed by atoms with Crippen LogP contribution in [0.5, 0.6) is 5.75 Å². The second kappa shape index (κ2) is 6.86. The number of aromatic nitrogens is 1. The third-order valence-electron chi connectivity index (χ3n) is 3.31. The standard InChI is InChI=1S/C16H15ClN2O2S2/c1-3-9-19-14-10(21-2)5-4-6-11(14)23-16(19)18-15(20)12-7-8-13(17)22-12/h4-8H,3,9H2,1-2H3. The summed E-state index contributed by atoms with van der Waals surface area (Å²) in [5.41, 5.74) is 0.984. The molecule has 0 unspecified atom stereocenters. The van der Waals surface area contributed by atoms with Crippen molar-refractivity contribution < 1.29 is 9.53 Å². The van der Waals surface area contributed by atoms with Crippen LogP contribution in [0.1, 0.15) is 23.0 Å². The number of aryl methyl sites for hydroxylation is 1. The van der Waals surface area contributed by atoms with Crippen molar-refractivity contribution in [1.82, 2.24) is 4.57 Å². The van der Waals surface area contributed by atoms with Gasteiger partial charge in [0.15, 0.2) is 4.80 Å². The van der Waals surface area contributed by atoms with Gasteiger partial charge in [-0.3, -0.25) is 4.79 Å². The number of carbonyl (C=O) groups is 1. The predicted molar refractivity (Wildman–Crippen MR) is 95.9 cm³/mol. The van der Waals surface area contributed by atoms with Crippen molar-refractivity contribution in [3.63, 3.8) is 0 Å². The van der Waals surface area contributed by atoms with Gasteiger partial charge >= 0.3 is 0 Å². The van der Waals surface area contributed by atoms with Gasteiger partial charge in [-0.25, -0.2) is 0 Å². The fourth-order valence-corrected chi connectivity index (χ4v) is 4.35. The van der Waals surface area contributed by atoms with Gasteiger partial charge in [0.1, 0.15) is 11.3 Å². The van der Waals surface area contributed by atoms with Crippen LogP contribution in [-0.4, -0.2) is 17.6 Å². The summed E-state index contributed by atoms with van der Waals surface area (Å²) in [6, 6.07) is 9.30. The Morgan fingerprint density at radius 3 is 2.78 bits per heavy atom. The molecule has 0 spiro atoms. The molecule has 2 heterocycles. The number of thiazole rings is 1. The highest BCUT2D eigenvalue weighted by atomic mass is 35.5. The van der Waals surface area contributed by atoms with E-state index in [9.17, 15) is 4.79 Å². The van der Waals surface area contributed by atoms with E-state index in [0.29, 0.717) is 14.0 Å². The highest BCUT2D eigenvalue weighted by molar-refractivity contribution is 7.18. The summed E-state index contributed by atoms with van der Waals surface area (Å²) < 4.78 is 9.15. The third kappa shape index (κ3) is 3.20. The van der Waals surface area contributed by atoms with Crippen LogP contribution in [0.2, 0.25) is 4.34 Å². The minimum Gasteiger partial charge on any atom is -0.495 e. The fourth-order valence-electron chi connectivity index (χ4n) is 2.35. The molecule has 3 rings (SSSR count). The SMILES string of the molecule is CCCn1c(=NC(=O)c2ccc(Cl)s2)sc2cccc(OC)c21. The van der Waals surface area contributed by atoms with E-state index in [0.717, 1.165) is 28.9 Å². The van der Waals surface area contributed by atoms with Gasteiger partial charge in [-0.15, -0.1) is 11.3 Å². The molecular weight excluding hydrogens is 352 g/mol. The lowest BCUT2D eigenvalue weighted by molar-refractivity contribution is 0.100. The molecule has 0 atom stereocenters. The number of hydrogen-bond donors (Lipinski definition) is 0. The van der Waals surface area contributed by atoms with E-state index in [1.165, 1.54) is 22.7 Å². The molecule has 0 fully saturated rings. The second-order valence-electron chi connectivity index (χ2n) is 4.86. The van der Waals surface area contributed by atoms with E-state index >= 15 is 0 Å². The van der Waals surface area contributed by atoms with Crippen molar-refractivity contribution in [2.45, 2.75) is 19.9 Å². The van der Waals surface area contributed by atoms with Crippen LogP contribution in [0.25, 0.3) is 10.2 Å². The Bertz CT molecular complexity index is 924. The molecule has 23 heavy (non-hydrogen) atoms. The molecule has 2 aromatic heterocycles. The maximum Gasteiger partial charge on any atom is 0.289 e. The molecule has 3 aromatic rings. The van der Waals surface area contributed by atoms with E-state index in [1.807, 2.05) is 22.8 Å². The van der Waals surface area contributed by atoms with Crippen molar-refractivity contribution >= 4 is 50.4 Å². The van der Waals surface area contributed by atoms with Crippen molar-refractivity contribution in [2.75, 3.05) is 7.11 Å². The zero-order valence-electron chi connectivity index (χ0n) is 12.7. The number of carbonyl (C=O) groups excluding carboxylic acids is 1. The van der Waals surface area contributed by atoms with Crippen LogP contribution < -0.4 is 9.54 Å². The molecule has 0 aliphatic heterocycles. The Morgan fingerprint density at radius 2 is 2.13 bits per heavy atom. The molecule has 4 nitrogen and oxygen atoms in total. The number of nitrogens with zero attached hydrogens (tertiary/aromatic N) is 2. The van der Waals surface area contributed by atoms with Crippen LogP contribution in [0.3, 0.4) is 0 Å². The summed E-state index contributed by atoms with van der Waals surface area (Å²) in [5, 5.41) is 0. The Kier molecular flexibility index (Phi) is 4.84. The smallest absolute Gasteiger partial charge is 0.289 e. The van der Waals surface area contributed by atoms with Crippen molar-refractivity contribution in [1.29, 1.82) is 0 Å². The van der Waals surface area contributed by atoms with E-state index < -0.39 is 0 Å². The van der Waals surface area contributed by atoms with E-state index in [-0.39, 0.29) is 5.91 Å². The van der Waals surface area contributed by atoms with Gasteiger partial charge in [0.25, 0.3) is 5.91 Å². The van der Waals surface area contributed by atoms with Crippen molar-refractivity contribution in [3.8, 4) is 5.75 Å². The van der Waals surface area contributed by atoms with Crippen LogP contribution in [0.15, 0.2) is 35.3 Å². The van der Waals surface area contributed by atoms with Crippen LogP contribution >= 0.6 is 34.3 Å². The van der Waals surface area contributed by atoms with E-state index in [2.05, 4.69) is 11.9 Å². The molecular formula is C16H15ClN2O2S2. The van der Waals surface area contributed by atoms with Gasteiger partial charge in [-0.2, -0.15) is 4.99 Å². The maximum absolute atomic E-state index is 12.4. The first-order chi connectivity index (χ1) is 11.1. The summed E-state index contributed by atoms with van der Waals surface area (Å²) in [5.74, 6) is 0.526. The highest BCUT2D eigenvalue weighted by Crippen LogP contribution is 2.28. The van der Waals surface area contributed by atoms with Crippen LogP contribution in [0, 0.1) is 0 Å². The van der Waals surface area contributed by atoms with Gasteiger partial charge in [0.2, 0.25) is 0 Å². The quantitative estimate of drug-likeness (QED) is 0.678. The summed E-state index contributed by atoms with van der Waals surface area (Å²) in [6.07, 6.45) is 0.941. The fraction of sp³-hybridized carbons (Fsp3) is 0.250. The Balaban J connectivity index is 2.18. The number of fused-ring (bicyclic) bond motifs is 1. The number of ether oxygens (including phenoxy) is 1. The third-order valence-corrected chi connectivity index (χ3v) is 5.58. The molecule has 1 amide bonds. The lowest BCUT2D eigenvalue weighted by atomic mass is 10.3. The van der Waals surface area contributed by atoms with Crippen molar-refractivity contribution in [3.05, 3.63) is 44.3 Å². The Morgan fingerprint density at radius 1 is 1.30 bits per heavy atom. The topological polar surface area (TPSA) is 43.6 Å². The number of thiophene rings is 1. The molecule has 7 heteroatoms. The molecule has 0 saturated heterocycles. The largest absolute Gasteiger partial charge is 0.495 e. The van der Waals surface area contributed by atoms with Gasteiger partial charge in [0.05, 0.1) is 21.0 Å². The number of para-hydroxylation sites is 1. The van der Waals surface area contributed by atoms with Gasteiger partial charge in [-0.05, 0) is 30.7 Å². The Hall–Kier alpha value is -1.63. The summed E-state index contributed by atoms with van der Waals surface area (Å²) >= 11 is 8.63. The highest BCUT2D eigenvalue weighted by Gasteiger charge is 2.13. The molecule has 0 bridgehead atoms. The zero-order valence-corrected chi connectivity index (χ0v) is 15.1. The predicted octanol–water partition coefficient (Wildman–Crippen LogP) is 4.58. The van der Waals surface area contributed by atoms with Gasteiger partial charge in [0, 0.05) is 6.54 Å². The average Bonchev–Trinajstić information content (AvgIpc) is 3.12. The summed E-state index contributed by atoms with van der Waals surface area (Å²) in [7, 11) is 1.65. The summed E-state index contributed by atoms with van der Waals surface area (Å²) in [4.78, 5) is 17.9. The molecule has 0 aliphatic carbocycles. The first-order valence-corrected chi connectivity index (χ1v) is 9.16. The number of rotatable bonds is 4. The maximum atomic E-state index is 12.4. The normalized spacial score (nSPS) is 12.0. The lowest BCUT2D eigenvalue weighted by Crippen LogP contribution is -2.16. The second-order valence-corrected chi connectivity index (χ2v) is 7.59. The monoisotopic (exact) mass is 366 g/mol. The van der Waals surface area contributed by atoms with Crippen LogP contribution in [0.4, 0.5) is 0 Å². The molecule has 120 valence electrons. The molecule has 1 aromatic carbocycles. The average molecular weight is 367 g/mol. The van der Waals surface area contributed by atoms with E-state index in [4.69, 9.17) is 16.3 Å². The Labute approximate surface area is 146 Å². The number of halogens is 1. The zero-order chi connectivity index (χ0) is 16.4. The molecule has 0 radical (unpaired) electrons. The lowest BCUT2D eigenvalue weighted by Gasteiger charge is -2.06. The number of amides is 1. The van der Waals surface area contributed by atoms with Gasteiger partial charge < -0.3 is 9.30 Å². The minimum absolute atomic E-state index is 0.266. The van der Waals surface area contributed by atoms with E-state index in [1.54, 1.807) is 19.2 Å². The number of benzene rings is 1. The number of hydrogen-bond acceptors (Lipinski definition) is 4. The molecule has 0 aliphatic rings. The minimum atomic E-state index is -0.266.